The molecule has 0 spiro atoms. The largest absolute Gasteiger partial charge is 0.481 e. The van der Waals surface area contributed by atoms with Crippen molar-refractivity contribution in [2.24, 2.45) is 0 Å². The second-order valence-electron chi connectivity index (χ2n) is 4.84. The Balaban J connectivity index is 1.94. The molecule has 0 aromatic carbocycles. The average molecular weight is 269 g/mol. The van der Waals surface area contributed by atoms with E-state index in [9.17, 15) is 4.79 Å². The Morgan fingerprint density at radius 1 is 1.44 bits per heavy atom. The molecule has 1 saturated carbocycles. The summed E-state index contributed by atoms with van der Waals surface area (Å²) in [6, 6.07) is 0. The van der Waals surface area contributed by atoms with E-state index in [4.69, 9.17) is 5.11 Å². The van der Waals surface area contributed by atoms with Gasteiger partial charge in [-0.2, -0.15) is 4.37 Å². The van der Waals surface area contributed by atoms with E-state index in [1.807, 2.05) is 11.9 Å². The molecular formula is C12H19N3O2S. The zero-order valence-corrected chi connectivity index (χ0v) is 11.4. The predicted molar refractivity (Wildman–Crippen MR) is 71.3 cm³/mol. The van der Waals surface area contributed by atoms with Crippen LogP contribution in [-0.2, 0) is 4.79 Å². The van der Waals surface area contributed by atoms with E-state index < -0.39 is 5.97 Å². The number of aromatic nitrogens is 2. The molecule has 1 aromatic heterocycles. The summed E-state index contributed by atoms with van der Waals surface area (Å²) in [5.74, 6) is 0.687. The van der Waals surface area contributed by atoms with Gasteiger partial charge in [-0.25, -0.2) is 4.98 Å². The highest BCUT2D eigenvalue weighted by Gasteiger charge is 2.20. The lowest BCUT2D eigenvalue weighted by Crippen LogP contribution is -2.20. The van der Waals surface area contributed by atoms with E-state index in [1.165, 1.54) is 43.6 Å². The molecule has 2 rings (SSSR count). The highest BCUT2D eigenvalue weighted by molar-refractivity contribution is 7.09. The van der Waals surface area contributed by atoms with Crippen molar-refractivity contribution in [3.8, 4) is 0 Å². The molecule has 0 amide bonds. The van der Waals surface area contributed by atoms with Crippen molar-refractivity contribution >= 4 is 22.6 Å². The second-order valence-corrected chi connectivity index (χ2v) is 5.57. The first kappa shape index (κ1) is 13.3. The van der Waals surface area contributed by atoms with Crippen molar-refractivity contribution < 1.29 is 9.90 Å². The Kier molecular flexibility index (Phi) is 4.52. The van der Waals surface area contributed by atoms with Crippen LogP contribution in [0.15, 0.2) is 0 Å². The highest BCUT2D eigenvalue weighted by Crippen LogP contribution is 2.32. The minimum Gasteiger partial charge on any atom is -0.481 e. The van der Waals surface area contributed by atoms with Gasteiger partial charge in [-0.3, -0.25) is 4.79 Å². The van der Waals surface area contributed by atoms with Crippen molar-refractivity contribution in [3.63, 3.8) is 0 Å². The van der Waals surface area contributed by atoms with Gasteiger partial charge in [0, 0.05) is 31.0 Å². The van der Waals surface area contributed by atoms with Crippen molar-refractivity contribution in [2.45, 2.75) is 44.4 Å². The Bertz CT molecular complexity index is 402. The van der Waals surface area contributed by atoms with E-state index in [0.717, 1.165) is 11.0 Å². The molecule has 18 heavy (non-hydrogen) atoms. The third-order valence-electron chi connectivity index (χ3n) is 3.39. The van der Waals surface area contributed by atoms with E-state index >= 15 is 0 Å². The van der Waals surface area contributed by atoms with Crippen molar-refractivity contribution in [1.82, 2.24) is 9.36 Å². The Morgan fingerprint density at radius 2 is 2.17 bits per heavy atom. The summed E-state index contributed by atoms with van der Waals surface area (Å²) in [5.41, 5.74) is 0. The summed E-state index contributed by atoms with van der Waals surface area (Å²) >= 11 is 1.37. The molecule has 0 saturated heterocycles. The summed E-state index contributed by atoms with van der Waals surface area (Å²) in [5, 5.41) is 9.49. The van der Waals surface area contributed by atoms with Crippen molar-refractivity contribution in [1.29, 1.82) is 0 Å². The molecule has 1 aliphatic carbocycles. The third kappa shape index (κ3) is 3.41. The van der Waals surface area contributed by atoms with Crippen LogP contribution >= 0.6 is 11.5 Å². The lowest BCUT2D eigenvalue weighted by molar-refractivity contribution is -0.136. The zero-order valence-electron chi connectivity index (χ0n) is 10.6. The highest BCUT2D eigenvalue weighted by atomic mass is 32.1. The van der Waals surface area contributed by atoms with Gasteiger partial charge in [0.05, 0.1) is 6.42 Å². The van der Waals surface area contributed by atoms with E-state index in [2.05, 4.69) is 9.36 Å². The van der Waals surface area contributed by atoms with Crippen LogP contribution in [0.2, 0.25) is 0 Å². The molecule has 100 valence electrons. The summed E-state index contributed by atoms with van der Waals surface area (Å²) in [4.78, 5) is 17.0. The van der Waals surface area contributed by atoms with Gasteiger partial charge in [0.25, 0.3) is 0 Å². The minimum atomic E-state index is -0.779. The Morgan fingerprint density at radius 3 is 2.83 bits per heavy atom. The Labute approximate surface area is 111 Å². The summed E-state index contributed by atoms with van der Waals surface area (Å²) in [6.45, 7) is 0.481. The zero-order chi connectivity index (χ0) is 13.0. The first-order chi connectivity index (χ1) is 8.66. The van der Waals surface area contributed by atoms with Crippen LogP contribution in [0, 0.1) is 0 Å². The molecule has 5 nitrogen and oxygen atoms in total. The fourth-order valence-electron chi connectivity index (χ4n) is 2.27. The van der Waals surface area contributed by atoms with Gasteiger partial charge in [-0.05, 0) is 12.8 Å². The van der Waals surface area contributed by atoms with E-state index in [1.54, 1.807) is 0 Å². The van der Waals surface area contributed by atoms with Crippen LogP contribution in [0.25, 0.3) is 0 Å². The van der Waals surface area contributed by atoms with E-state index in [-0.39, 0.29) is 6.42 Å². The number of carboxylic acid groups (broad SMARTS) is 1. The van der Waals surface area contributed by atoms with Gasteiger partial charge >= 0.3 is 5.97 Å². The van der Waals surface area contributed by atoms with Crippen LogP contribution in [0.1, 0.15) is 50.3 Å². The third-order valence-corrected chi connectivity index (χ3v) is 4.23. The number of carboxylic acids is 1. The number of anilines is 1. The lowest BCUT2D eigenvalue weighted by Gasteiger charge is -2.18. The van der Waals surface area contributed by atoms with Crippen LogP contribution in [0.3, 0.4) is 0 Å². The molecule has 1 aromatic rings. The number of carbonyl (C=O) groups is 1. The molecule has 0 unspecified atom stereocenters. The molecule has 1 fully saturated rings. The first-order valence-corrected chi connectivity index (χ1v) is 7.20. The molecule has 0 aliphatic heterocycles. The first-order valence-electron chi connectivity index (χ1n) is 6.43. The SMILES string of the molecule is CN(CCC(=O)O)c1nc(C2CCCCC2)ns1. The van der Waals surface area contributed by atoms with Crippen LogP contribution < -0.4 is 4.90 Å². The maximum Gasteiger partial charge on any atom is 0.305 e. The number of hydrogen-bond acceptors (Lipinski definition) is 5. The summed E-state index contributed by atoms with van der Waals surface area (Å²) in [7, 11) is 1.87. The van der Waals surface area contributed by atoms with Crippen molar-refractivity contribution in [2.75, 3.05) is 18.5 Å². The van der Waals surface area contributed by atoms with Gasteiger partial charge in [0.15, 0.2) is 0 Å². The van der Waals surface area contributed by atoms with Crippen LogP contribution in [0.5, 0.6) is 0 Å². The average Bonchev–Trinajstić information content (AvgIpc) is 2.86. The lowest BCUT2D eigenvalue weighted by atomic mass is 9.89. The van der Waals surface area contributed by atoms with Gasteiger partial charge < -0.3 is 10.0 Å². The second kappa shape index (κ2) is 6.13. The fourth-order valence-corrected chi connectivity index (χ4v) is 3.00. The maximum atomic E-state index is 10.5. The topological polar surface area (TPSA) is 66.3 Å². The molecule has 1 heterocycles. The summed E-state index contributed by atoms with van der Waals surface area (Å²) < 4.78 is 4.43. The van der Waals surface area contributed by atoms with E-state index in [0.29, 0.717) is 12.5 Å². The van der Waals surface area contributed by atoms with Crippen LogP contribution in [-0.4, -0.2) is 34.0 Å². The monoisotopic (exact) mass is 269 g/mol. The van der Waals surface area contributed by atoms with Gasteiger partial charge in [-0.15, -0.1) is 0 Å². The number of rotatable bonds is 5. The molecule has 1 aliphatic rings. The minimum absolute atomic E-state index is 0.134. The molecule has 1 N–H and O–H groups in total. The van der Waals surface area contributed by atoms with Crippen molar-refractivity contribution in [3.05, 3.63) is 5.82 Å². The van der Waals surface area contributed by atoms with Crippen LogP contribution in [0.4, 0.5) is 5.13 Å². The molecule has 6 heteroatoms. The molecule has 0 radical (unpaired) electrons. The quantitative estimate of drug-likeness (QED) is 0.889. The normalized spacial score (nSPS) is 16.7. The molecular weight excluding hydrogens is 250 g/mol. The summed E-state index contributed by atoms with van der Waals surface area (Å²) in [6.07, 6.45) is 6.38. The predicted octanol–water partition coefficient (Wildman–Crippen LogP) is 2.50. The number of nitrogens with zero attached hydrogens (tertiary/aromatic N) is 3. The standard InChI is InChI=1S/C12H19N3O2S/c1-15(8-7-10(16)17)12-13-11(14-18-12)9-5-3-2-4-6-9/h9H,2-8H2,1H3,(H,16,17). The molecule has 0 bridgehead atoms. The molecule has 0 atom stereocenters. The number of hydrogen-bond donors (Lipinski definition) is 1. The Hall–Kier alpha value is -1.17. The van der Waals surface area contributed by atoms with Gasteiger partial charge in [-0.1, -0.05) is 19.3 Å². The van der Waals surface area contributed by atoms with Gasteiger partial charge in [0.1, 0.15) is 5.82 Å². The maximum absolute atomic E-state index is 10.5. The number of aliphatic carboxylic acids is 1. The fraction of sp³-hybridized carbons (Fsp3) is 0.750. The smallest absolute Gasteiger partial charge is 0.305 e. The van der Waals surface area contributed by atoms with Gasteiger partial charge in [0.2, 0.25) is 5.13 Å².